The molecule has 3 heteroatoms. The third-order valence-electron chi connectivity index (χ3n) is 4.46. The lowest BCUT2D eigenvalue weighted by atomic mass is 9.91. The number of hydrogen-bond donors (Lipinski definition) is 1. The number of rotatable bonds is 6. The van der Waals surface area contributed by atoms with Crippen molar-refractivity contribution >= 4 is 0 Å². The fraction of sp³-hybridized carbons (Fsp3) is 0.667. The second-order valence-corrected chi connectivity index (χ2v) is 6.56. The lowest BCUT2D eigenvalue weighted by Crippen LogP contribution is -2.40. The van der Waals surface area contributed by atoms with Crippen LogP contribution in [0.1, 0.15) is 37.3 Å². The summed E-state index contributed by atoms with van der Waals surface area (Å²) in [6, 6.07) is 6.75. The maximum atomic E-state index is 5.98. The van der Waals surface area contributed by atoms with Crippen molar-refractivity contribution in [1.29, 1.82) is 0 Å². The zero-order valence-corrected chi connectivity index (χ0v) is 13.8. The summed E-state index contributed by atoms with van der Waals surface area (Å²) in [5, 5.41) is 0. The molecule has 1 saturated heterocycles. The predicted molar refractivity (Wildman–Crippen MR) is 88.8 cm³/mol. The van der Waals surface area contributed by atoms with E-state index in [4.69, 9.17) is 10.5 Å². The molecular formula is C18H30N2O. The summed E-state index contributed by atoms with van der Waals surface area (Å²) in [5.74, 6) is 1.72. The second-order valence-electron chi connectivity index (χ2n) is 6.56. The molecule has 0 bridgehead atoms. The van der Waals surface area contributed by atoms with Crippen LogP contribution < -0.4 is 10.5 Å². The average molecular weight is 290 g/mol. The molecule has 21 heavy (non-hydrogen) atoms. The Kier molecular flexibility index (Phi) is 6.07. The van der Waals surface area contributed by atoms with E-state index in [0.717, 1.165) is 25.3 Å². The maximum Gasteiger partial charge on any atom is 0.119 e. The van der Waals surface area contributed by atoms with Crippen LogP contribution in [0.2, 0.25) is 0 Å². The van der Waals surface area contributed by atoms with Crippen LogP contribution in [0.3, 0.4) is 0 Å². The summed E-state index contributed by atoms with van der Waals surface area (Å²) in [5.41, 5.74) is 8.52. The van der Waals surface area contributed by atoms with Gasteiger partial charge < -0.3 is 15.4 Å². The molecule has 3 nitrogen and oxygen atoms in total. The molecule has 1 aliphatic rings. The van der Waals surface area contributed by atoms with Gasteiger partial charge in [0, 0.05) is 12.6 Å². The lowest BCUT2D eigenvalue weighted by Gasteiger charge is -2.33. The first-order chi connectivity index (χ1) is 10.0. The standard InChI is InChI=1S/C18H30N2O/c1-14-11-15(2)13-18(12-14)21-10-4-7-20-8-5-17(6-9-20)16(3)19/h11-13,16-17H,4-10,19H2,1-3H3. The number of nitrogens with zero attached hydrogens (tertiary/aromatic N) is 1. The highest BCUT2D eigenvalue weighted by molar-refractivity contribution is 5.32. The quantitative estimate of drug-likeness (QED) is 0.818. The molecule has 0 radical (unpaired) electrons. The Morgan fingerprint density at radius 1 is 1.19 bits per heavy atom. The van der Waals surface area contributed by atoms with Crippen molar-refractivity contribution in [1.82, 2.24) is 4.90 Å². The van der Waals surface area contributed by atoms with Gasteiger partial charge in [-0.1, -0.05) is 6.07 Å². The number of benzene rings is 1. The van der Waals surface area contributed by atoms with Crippen molar-refractivity contribution in [3.05, 3.63) is 29.3 Å². The molecule has 1 unspecified atom stereocenters. The summed E-state index contributed by atoms with van der Waals surface area (Å²) in [4.78, 5) is 2.55. The molecule has 1 aromatic rings. The van der Waals surface area contributed by atoms with Gasteiger partial charge in [0.15, 0.2) is 0 Å². The van der Waals surface area contributed by atoms with E-state index >= 15 is 0 Å². The highest BCUT2D eigenvalue weighted by Gasteiger charge is 2.21. The Bertz CT molecular complexity index is 417. The number of hydrogen-bond acceptors (Lipinski definition) is 3. The van der Waals surface area contributed by atoms with Crippen LogP contribution in [0.25, 0.3) is 0 Å². The monoisotopic (exact) mass is 290 g/mol. The molecule has 1 aromatic carbocycles. The topological polar surface area (TPSA) is 38.5 Å². The summed E-state index contributed by atoms with van der Waals surface area (Å²) in [7, 11) is 0. The zero-order chi connectivity index (χ0) is 15.2. The van der Waals surface area contributed by atoms with Crippen molar-refractivity contribution in [2.24, 2.45) is 11.7 Å². The minimum Gasteiger partial charge on any atom is -0.494 e. The molecule has 2 N–H and O–H groups in total. The van der Waals surface area contributed by atoms with Crippen molar-refractivity contribution in [3.8, 4) is 5.75 Å². The van der Waals surface area contributed by atoms with Crippen molar-refractivity contribution in [2.75, 3.05) is 26.2 Å². The average Bonchev–Trinajstić information content (AvgIpc) is 2.43. The third kappa shape index (κ3) is 5.33. The number of likely N-dealkylation sites (tertiary alicyclic amines) is 1. The Hall–Kier alpha value is -1.06. The van der Waals surface area contributed by atoms with E-state index in [1.807, 2.05) is 0 Å². The van der Waals surface area contributed by atoms with Crippen LogP contribution in [0.4, 0.5) is 0 Å². The largest absolute Gasteiger partial charge is 0.494 e. The molecule has 1 aliphatic heterocycles. The van der Waals surface area contributed by atoms with Crippen molar-refractivity contribution in [3.63, 3.8) is 0 Å². The fourth-order valence-corrected chi connectivity index (χ4v) is 3.20. The summed E-state index contributed by atoms with van der Waals surface area (Å²) in [6.45, 7) is 10.7. The highest BCUT2D eigenvalue weighted by atomic mass is 16.5. The van der Waals surface area contributed by atoms with E-state index in [-0.39, 0.29) is 0 Å². The number of ether oxygens (including phenoxy) is 1. The minimum atomic E-state index is 0.347. The molecule has 118 valence electrons. The SMILES string of the molecule is Cc1cc(C)cc(OCCCN2CCC(C(C)N)CC2)c1. The van der Waals surface area contributed by atoms with Gasteiger partial charge in [0.1, 0.15) is 5.75 Å². The van der Waals surface area contributed by atoms with Crippen LogP contribution in [0.5, 0.6) is 5.75 Å². The van der Waals surface area contributed by atoms with Crippen LogP contribution in [0, 0.1) is 19.8 Å². The number of piperidine rings is 1. The summed E-state index contributed by atoms with van der Waals surface area (Å²) in [6.07, 6.45) is 3.58. The van der Waals surface area contributed by atoms with E-state index in [9.17, 15) is 0 Å². The summed E-state index contributed by atoms with van der Waals surface area (Å²) >= 11 is 0. The smallest absolute Gasteiger partial charge is 0.119 e. The van der Waals surface area contributed by atoms with Gasteiger partial charge in [-0.25, -0.2) is 0 Å². The van der Waals surface area contributed by atoms with Crippen molar-refractivity contribution < 1.29 is 4.74 Å². The molecule has 1 heterocycles. The van der Waals surface area contributed by atoms with E-state index in [1.165, 1.54) is 37.1 Å². The molecule has 1 fully saturated rings. The van der Waals surface area contributed by atoms with Crippen LogP contribution in [-0.2, 0) is 0 Å². The Morgan fingerprint density at radius 2 is 1.81 bits per heavy atom. The second kappa shape index (κ2) is 7.81. The maximum absolute atomic E-state index is 5.98. The predicted octanol–water partition coefficient (Wildman–Crippen LogP) is 3.13. The first-order valence-electron chi connectivity index (χ1n) is 8.23. The number of aryl methyl sites for hydroxylation is 2. The van der Waals surface area contributed by atoms with Gasteiger partial charge in [0.2, 0.25) is 0 Å². The Morgan fingerprint density at radius 3 is 2.38 bits per heavy atom. The van der Waals surface area contributed by atoms with Crippen LogP contribution in [0.15, 0.2) is 18.2 Å². The van der Waals surface area contributed by atoms with Crippen LogP contribution >= 0.6 is 0 Å². The molecule has 0 spiro atoms. The normalized spacial score (nSPS) is 18.7. The zero-order valence-electron chi connectivity index (χ0n) is 13.8. The molecule has 0 aromatic heterocycles. The highest BCUT2D eigenvalue weighted by Crippen LogP contribution is 2.20. The molecule has 0 saturated carbocycles. The third-order valence-corrected chi connectivity index (χ3v) is 4.46. The van der Waals surface area contributed by atoms with Gasteiger partial charge in [-0.3, -0.25) is 0 Å². The first kappa shape index (κ1) is 16.3. The molecular weight excluding hydrogens is 260 g/mol. The molecule has 2 rings (SSSR count). The summed E-state index contributed by atoms with van der Waals surface area (Å²) < 4.78 is 5.87. The molecule has 0 amide bonds. The first-order valence-corrected chi connectivity index (χ1v) is 8.23. The van der Waals surface area contributed by atoms with Gasteiger partial charge in [-0.15, -0.1) is 0 Å². The number of nitrogens with two attached hydrogens (primary N) is 1. The van der Waals surface area contributed by atoms with Gasteiger partial charge in [0.05, 0.1) is 6.61 Å². The lowest BCUT2D eigenvalue weighted by molar-refractivity contribution is 0.161. The van der Waals surface area contributed by atoms with E-state index < -0.39 is 0 Å². The Balaban J connectivity index is 1.64. The van der Waals surface area contributed by atoms with E-state index in [0.29, 0.717) is 12.0 Å². The van der Waals surface area contributed by atoms with E-state index in [1.54, 1.807) is 0 Å². The van der Waals surface area contributed by atoms with Crippen LogP contribution in [-0.4, -0.2) is 37.2 Å². The van der Waals surface area contributed by atoms with Gasteiger partial charge in [-0.05, 0) is 82.3 Å². The van der Waals surface area contributed by atoms with Gasteiger partial charge in [0.25, 0.3) is 0 Å². The fourth-order valence-electron chi connectivity index (χ4n) is 3.20. The molecule has 1 atom stereocenters. The van der Waals surface area contributed by atoms with Gasteiger partial charge in [-0.2, -0.15) is 0 Å². The minimum absolute atomic E-state index is 0.347. The van der Waals surface area contributed by atoms with Gasteiger partial charge >= 0.3 is 0 Å². The Labute approximate surface area is 129 Å². The van der Waals surface area contributed by atoms with Crippen molar-refractivity contribution in [2.45, 2.75) is 46.1 Å². The molecule has 0 aliphatic carbocycles. The van der Waals surface area contributed by atoms with E-state index in [2.05, 4.69) is 43.9 Å².